The lowest BCUT2D eigenvalue weighted by Crippen LogP contribution is -2.22. The van der Waals surface area contributed by atoms with Gasteiger partial charge in [0.05, 0.1) is 6.54 Å². The summed E-state index contributed by atoms with van der Waals surface area (Å²) in [6, 6.07) is 7.70. The Labute approximate surface area is 106 Å². The lowest BCUT2D eigenvalue weighted by molar-refractivity contribution is 0.131. The zero-order valence-electron chi connectivity index (χ0n) is 10.9. The van der Waals surface area contributed by atoms with E-state index in [0.717, 1.165) is 11.3 Å². The molecule has 0 aliphatic carbocycles. The molecule has 5 nitrogen and oxygen atoms in total. The summed E-state index contributed by atoms with van der Waals surface area (Å²) in [5.74, 6) is 2.17. The fourth-order valence-electron chi connectivity index (χ4n) is 1.54. The number of hydrogen-bond donors (Lipinski definition) is 2. The van der Waals surface area contributed by atoms with Crippen molar-refractivity contribution < 1.29 is 4.74 Å². The monoisotopic (exact) mass is 246 g/mol. The van der Waals surface area contributed by atoms with Crippen LogP contribution in [0.5, 0.6) is 5.75 Å². The molecule has 0 unspecified atom stereocenters. The lowest BCUT2D eigenvalue weighted by Gasteiger charge is -2.21. The minimum absolute atomic E-state index is 0.196. The molecule has 0 spiro atoms. The van der Waals surface area contributed by atoms with Gasteiger partial charge < -0.3 is 10.5 Å². The number of nitrogens with one attached hydrogen (secondary N) is 1. The Morgan fingerprint density at radius 1 is 1.22 bits per heavy atom. The first-order valence-electron chi connectivity index (χ1n) is 5.89. The van der Waals surface area contributed by atoms with E-state index < -0.39 is 0 Å². The fraction of sp³-hybridized carbons (Fsp3) is 0.385. The molecule has 1 aromatic heterocycles. The molecule has 1 aromatic carbocycles. The van der Waals surface area contributed by atoms with E-state index in [2.05, 4.69) is 15.2 Å². The minimum atomic E-state index is -0.196. The second-order valence-corrected chi connectivity index (χ2v) is 5.05. The molecule has 18 heavy (non-hydrogen) atoms. The number of H-pyrrole nitrogens is 1. The smallest absolute Gasteiger partial charge is 0.181 e. The van der Waals surface area contributed by atoms with Crippen LogP contribution >= 0.6 is 0 Å². The zero-order valence-corrected chi connectivity index (χ0v) is 10.9. The number of rotatable bonds is 3. The second-order valence-electron chi connectivity index (χ2n) is 5.05. The number of nitrogens with two attached hydrogens (primary N) is 1. The highest BCUT2D eigenvalue weighted by atomic mass is 16.5. The van der Waals surface area contributed by atoms with Crippen LogP contribution in [0.2, 0.25) is 0 Å². The zero-order chi connectivity index (χ0) is 13.2. The van der Waals surface area contributed by atoms with E-state index in [1.54, 1.807) is 0 Å². The third-order valence-electron chi connectivity index (χ3n) is 2.26. The first-order chi connectivity index (χ1) is 8.48. The summed E-state index contributed by atoms with van der Waals surface area (Å²) in [7, 11) is 0. The summed E-state index contributed by atoms with van der Waals surface area (Å²) in [6.45, 7) is 6.41. The second kappa shape index (κ2) is 4.78. The van der Waals surface area contributed by atoms with Gasteiger partial charge in [0.2, 0.25) is 0 Å². The summed E-state index contributed by atoms with van der Waals surface area (Å²) in [4.78, 5) is 4.27. The number of aromatic nitrogens is 3. The maximum atomic E-state index is 5.75. The predicted octanol–water partition coefficient (Wildman–Crippen LogP) is 2.11. The predicted molar refractivity (Wildman–Crippen MR) is 70.1 cm³/mol. The van der Waals surface area contributed by atoms with Gasteiger partial charge in [-0.3, -0.25) is 5.10 Å². The standard InChI is InChI=1S/C13H18N4O/c1-13(2,3)18-10-6-4-9(5-7-10)12-15-11(8-14)16-17-12/h4-7H,8,14H2,1-3H3,(H,15,16,17). The highest BCUT2D eigenvalue weighted by Crippen LogP contribution is 2.22. The first kappa shape index (κ1) is 12.6. The molecule has 0 atom stereocenters. The minimum Gasteiger partial charge on any atom is -0.488 e. The van der Waals surface area contributed by atoms with Crippen LogP contribution in [0.25, 0.3) is 11.4 Å². The molecule has 0 saturated heterocycles. The van der Waals surface area contributed by atoms with Gasteiger partial charge in [0.15, 0.2) is 5.82 Å². The van der Waals surface area contributed by atoms with E-state index in [1.807, 2.05) is 45.0 Å². The highest BCUT2D eigenvalue weighted by molar-refractivity contribution is 5.55. The molecular formula is C13H18N4O. The number of hydrogen-bond acceptors (Lipinski definition) is 4. The molecule has 0 aliphatic rings. The Morgan fingerprint density at radius 2 is 1.89 bits per heavy atom. The van der Waals surface area contributed by atoms with Crippen molar-refractivity contribution in [1.82, 2.24) is 15.2 Å². The van der Waals surface area contributed by atoms with Crippen LogP contribution in [0.3, 0.4) is 0 Å². The average molecular weight is 246 g/mol. The summed E-state index contributed by atoms with van der Waals surface area (Å²) < 4.78 is 5.75. The quantitative estimate of drug-likeness (QED) is 0.869. The van der Waals surface area contributed by atoms with Gasteiger partial charge in [-0.25, -0.2) is 4.98 Å². The van der Waals surface area contributed by atoms with Crippen molar-refractivity contribution in [2.45, 2.75) is 32.9 Å². The Kier molecular flexibility index (Phi) is 3.34. The molecule has 0 aliphatic heterocycles. The SMILES string of the molecule is CC(C)(C)Oc1ccc(-c2n[nH]c(CN)n2)cc1. The van der Waals surface area contributed by atoms with Crippen molar-refractivity contribution in [3.05, 3.63) is 30.1 Å². The number of ether oxygens (including phenoxy) is 1. The maximum absolute atomic E-state index is 5.75. The Bertz CT molecular complexity index is 511. The van der Waals surface area contributed by atoms with E-state index in [1.165, 1.54) is 0 Å². The van der Waals surface area contributed by atoms with Crippen molar-refractivity contribution in [3.63, 3.8) is 0 Å². The number of nitrogens with zero attached hydrogens (tertiary/aromatic N) is 2. The van der Waals surface area contributed by atoms with Crippen LogP contribution in [-0.2, 0) is 6.54 Å². The van der Waals surface area contributed by atoms with Crippen molar-refractivity contribution in [3.8, 4) is 17.1 Å². The van der Waals surface area contributed by atoms with E-state index in [4.69, 9.17) is 10.5 Å². The molecule has 1 heterocycles. The highest BCUT2D eigenvalue weighted by Gasteiger charge is 2.12. The van der Waals surface area contributed by atoms with Gasteiger partial charge in [-0.05, 0) is 45.0 Å². The van der Waals surface area contributed by atoms with Gasteiger partial charge in [-0.1, -0.05) is 0 Å². The van der Waals surface area contributed by atoms with Crippen LogP contribution in [0.4, 0.5) is 0 Å². The van der Waals surface area contributed by atoms with Gasteiger partial charge in [-0.2, -0.15) is 5.10 Å². The van der Waals surface area contributed by atoms with Crippen molar-refractivity contribution in [2.24, 2.45) is 5.73 Å². The van der Waals surface area contributed by atoms with Gasteiger partial charge in [-0.15, -0.1) is 0 Å². The molecule has 0 bridgehead atoms. The molecular weight excluding hydrogens is 228 g/mol. The van der Waals surface area contributed by atoms with Crippen molar-refractivity contribution in [2.75, 3.05) is 0 Å². The summed E-state index contributed by atoms with van der Waals surface area (Å²) in [5, 5.41) is 6.89. The molecule has 0 fully saturated rings. The summed E-state index contributed by atoms with van der Waals surface area (Å²) in [5.41, 5.74) is 6.22. The normalized spacial score (nSPS) is 11.6. The lowest BCUT2D eigenvalue weighted by atomic mass is 10.1. The van der Waals surface area contributed by atoms with E-state index in [-0.39, 0.29) is 5.60 Å². The van der Waals surface area contributed by atoms with Crippen LogP contribution in [-0.4, -0.2) is 20.8 Å². The average Bonchev–Trinajstić information content (AvgIpc) is 2.76. The number of benzene rings is 1. The van der Waals surface area contributed by atoms with Gasteiger partial charge in [0.1, 0.15) is 17.2 Å². The van der Waals surface area contributed by atoms with Crippen LogP contribution in [0.15, 0.2) is 24.3 Å². The first-order valence-corrected chi connectivity index (χ1v) is 5.89. The van der Waals surface area contributed by atoms with E-state index >= 15 is 0 Å². The maximum Gasteiger partial charge on any atom is 0.181 e. The topological polar surface area (TPSA) is 76.8 Å². The summed E-state index contributed by atoms with van der Waals surface area (Å²) in [6.07, 6.45) is 0. The number of aromatic amines is 1. The van der Waals surface area contributed by atoms with Gasteiger partial charge in [0, 0.05) is 5.56 Å². The Morgan fingerprint density at radius 3 is 2.39 bits per heavy atom. The largest absolute Gasteiger partial charge is 0.488 e. The fourth-order valence-corrected chi connectivity index (χ4v) is 1.54. The third-order valence-corrected chi connectivity index (χ3v) is 2.26. The molecule has 2 aromatic rings. The molecule has 2 rings (SSSR count). The van der Waals surface area contributed by atoms with Crippen LogP contribution in [0.1, 0.15) is 26.6 Å². The molecule has 0 saturated carbocycles. The van der Waals surface area contributed by atoms with Crippen molar-refractivity contribution >= 4 is 0 Å². The van der Waals surface area contributed by atoms with Crippen LogP contribution in [0, 0.1) is 0 Å². The third kappa shape index (κ3) is 3.07. The van der Waals surface area contributed by atoms with E-state index in [9.17, 15) is 0 Å². The molecule has 5 heteroatoms. The molecule has 96 valence electrons. The molecule has 3 N–H and O–H groups in total. The summed E-state index contributed by atoms with van der Waals surface area (Å²) >= 11 is 0. The van der Waals surface area contributed by atoms with E-state index in [0.29, 0.717) is 18.2 Å². The van der Waals surface area contributed by atoms with Gasteiger partial charge in [0.25, 0.3) is 0 Å². The Hall–Kier alpha value is -1.88. The molecule has 0 radical (unpaired) electrons. The molecule has 0 amide bonds. The van der Waals surface area contributed by atoms with Crippen molar-refractivity contribution in [1.29, 1.82) is 0 Å². The van der Waals surface area contributed by atoms with Crippen LogP contribution < -0.4 is 10.5 Å². The van der Waals surface area contributed by atoms with Gasteiger partial charge >= 0.3 is 0 Å². The Balaban J connectivity index is 2.17.